The lowest BCUT2D eigenvalue weighted by molar-refractivity contribution is 0.217. The molecule has 2 aromatic carbocycles. The fraction of sp³-hybridized carbons (Fsp3) is 0.250. The lowest BCUT2D eigenvalue weighted by Gasteiger charge is -2.09. The first kappa shape index (κ1) is 14.7. The molecule has 1 N–H and O–H groups in total. The van der Waals surface area contributed by atoms with Crippen molar-refractivity contribution in [2.24, 2.45) is 0 Å². The zero-order valence-electron chi connectivity index (χ0n) is 11.4. The van der Waals surface area contributed by atoms with E-state index >= 15 is 0 Å². The van der Waals surface area contributed by atoms with Gasteiger partial charge in [-0.2, -0.15) is 0 Å². The third kappa shape index (κ3) is 4.76. The second-order valence-electron chi connectivity index (χ2n) is 4.33. The van der Waals surface area contributed by atoms with Crippen molar-refractivity contribution in [1.82, 2.24) is 5.32 Å². The quantitative estimate of drug-likeness (QED) is 0.792. The van der Waals surface area contributed by atoms with Crippen LogP contribution in [0.2, 0.25) is 5.02 Å². The summed E-state index contributed by atoms with van der Waals surface area (Å²) in [6, 6.07) is 15.3. The van der Waals surface area contributed by atoms with Crippen molar-refractivity contribution < 1.29 is 9.47 Å². The van der Waals surface area contributed by atoms with Crippen LogP contribution in [0.3, 0.4) is 0 Å². The van der Waals surface area contributed by atoms with Crippen molar-refractivity contribution in [3.05, 3.63) is 59.1 Å². The maximum atomic E-state index is 5.81. The van der Waals surface area contributed by atoms with Crippen molar-refractivity contribution in [1.29, 1.82) is 0 Å². The van der Waals surface area contributed by atoms with Crippen molar-refractivity contribution in [3.63, 3.8) is 0 Å². The van der Waals surface area contributed by atoms with E-state index in [1.807, 2.05) is 37.4 Å². The molecule has 0 amide bonds. The Labute approximate surface area is 124 Å². The van der Waals surface area contributed by atoms with E-state index in [-0.39, 0.29) is 0 Å². The maximum absolute atomic E-state index is 5.81. The van der Waals surface area contributed by atoms with Gasteiger partial charge in [0.05, 0.1) is 0 Å². The third-order valence-corrected chi connectivity index (χ3v) is 2.97. The van der Waals surface area contributed by atoms with Crippen LogP contribution < -0.4 is 14.8 Å². The minimum atomic E-state index is 0.498. The summed E-state index contributed by atoms with van der Waals surface area (Å²) in [5, 5.41) is 3.82. The monoisotopic (exact) mass is 291 g/mol. The summed E-state index contributed by atoms with van der Waals surface area (Å²) in [6.07, 6.45) is 0. The SMILES string of the molecule is CNCc1cccc(OCCOc2ccc(Cl)cc2)c1. The predicted molar refractivity (Wildman–Crippen MR) is 81.6 cm³/mol. The van der Waals surface area contributed by atoms with Crippen LogP contribution in [0.15, 0.2) is 48.5 Å². The molecule has 3 nitrogen and oxygen atoms in total. The van der Waals surface area contributed by atoms with Gasteiger partial charge in [-0.15, -0.1) is 0 Å². The van der Waals surface area contributed by atoms with E-state index in [9.17, 15) is 0 Å². The number of ether oxygens (including phenoxy) is 2. The molecule has 20 heavy (non-hydrogen) atoms. The Kier molecular flexibility index (Phi) is 5.71. The largest absolute Gasteiger partial charge is 0.490 e. The molecular formula is C16H18ClNO2. The van der Waals surface area contributed by atoms with Gasteiger partial charge in [0.15, 0.2) is 0 Å². The van der Waals surface area contributed by atoms with Crippen LogP contribution in [-0.2, 0) is 6.54 Å². The second kappa shape index (κ2) is 7.78. The second-order valence-corrected chi connectivity index (χ2v) is 4.77. The molecule has 0 aliphatic rings. The van der Waals surface area contributed by atoms with Crippen molar-refractivity contribution in [2.45, 2.75) is 6.54 Å². The Morgan fingerprint density at radius 3 is 2.35 bits per heavy atom. The fourth-order valence-corrected chi connectivity index (χ4v) is 1.93. The molecule has 0 fully saturated rings. The van der Waals surface area contributed by atoms with Gasteiger partial charge < -0.3 is 14.8 Å². The number of rotatable bonds is 7. The van der Waals surface area contributed by atoms with Gasteiger partial charge in [0.2, 0.25) is 0 Å². The van der Waals surface area contributed by atoms with Crippen LogP contribution in [0.5, 0.6) is 11.5 Å². The number of hydrogen-bond acceptors (Lipinski definition) is 3. The molecule has 0 radical (unpaired) electrons. The van der Waals surface area contributed by atoms with Crippen LogP contribution in [0.25, 0.3) is 0 Å². The lowest BCUT2D eigenvalue weighted by atomic mass is 10.2. The summed E-state index contributed by atoms with van der Waals surface area (Å²) in [4.78, 5) is 0. The number of hydrogen-bond donors (Lipinski definition) is 1. The van der Waals surface area contributed by atoms with E-state index in [0.29, 0.717) is 18.2 Å². The molecule has 4 heteroatoms. The first-order valence-corrected chi connectivity index (χ1v) is 6.90. The topological polar surface area (TPSA) is 30.5 Å². The first-order chi connectivity index (χ1) is 9.78. The van der Waals surface area contributed by atoms with Crippen LogP contribution in [0.4, 0.5) is 0 Å². The number of benzene rings is 2. The highest BCUT2D eigenvalue weighted by Gasteiger charge is 1.98. The summed E-state index contributed by atoms with van der Waals surface area (Å²) in [5.41, 5.74) is 1.20. The first-order valence-electron chi connectivity index (χ1n) is 6.52. The van der Waals surface area contributed by atoms with E-state index in [2.05, 4.69) is 11.4 Å². The molecule has 0 atom stereocenters. The zero-order chi connectivity index (χ0) is 14.2. The van der Waals surface area contributed by atoms with Gasteiger partial charge >= 0.3 is 0 Å². The molecule has 0 heterocycles. The Balaban J connectivity index is 1.75. The Bertz CT molecular complexity index is 528. The van der Waals surface area contributed by atoms with Crippen LogP contribution in [0, 0.1) is 0 Å². The highest BCUT2D eigenvalue weighted by Crippen LogP contribution is 2.16. The highest BCUT2D eigenvalue weighted by atomic mass is 35.5. The van der Waals surface area contributed by atoms with E-state index in [1.165, 1.54) is 5.56 Å². The van der Waals surface area contributed by atoms with E-state index in [4.69, 9.17) is 21.1 Å². The van der Waals surface area contributed by atoms with Crippen LogP contribution >= 0.6 is 11.6 Å². The zero-order valence-corrected chi connectivity index (χ0v) is 12.2. The molecule has 2 rings (SSSR count). The molecule has 0 unspecified atom stereocenters. The Morgan fingerprint density at radius 2 is 1.65 bits per heavy atom. The van der Waals surface area contributed by atoms with Gasteiger partial charge in [-0.3, -0.25) is 0 Å². The van der Waals surface area contributed by atoms with E-state index in [0.717, 1.165) is 18.0 Å². The van der Waals surface area contributed by atoms with Crippen molar-refractivity contribution >= 4 is 11.6 Å². The molecule has 0 aromatic heterocycles. The fourth-order valence-electron chi connectivity index (χ4n) is 1.80. The van der Waals surface area contributed by atoms with Gasteiger partial charge in [0.1, 0.15) is 24.7 Å². The van der Waals surface area contributed by atoms with Gasteiger partial charge in [-0.05, 0) is 49.0 Å². The van der Waals surface area contributed by atoms with E-state index < -0.39 is 0 Å². The van der Waals surface area contributed by atoms with E-state index in [1.54, 1.807) is 12.1 Å². The number of nitrogens with one attached hydrogen (secondary N) is 1. The van der Waals surface area contributed by atoms with Gasteiger partial charge in [0.25, 0.3) is 0 Å². The normalized spacial score (nSPS) is 10.3. The van der Waals surface area contributed by atoms with Crippen LogP contribution in [0.1, 0.15) is 5.56 Å². The smallest absolute Gasteiger partial charge is 0.122 e. The molecule has 106 valence electrons. The standard InChI is InChI=1S/C16H18ClNO2/c1-18-12-13-3-2-4-16(11-13)20-10-9-19-15-7-5-14(17)6-8-15/h2-8,11,18H,9-10,12H2,1H3. The van der Waals surface area contributed by atoms with Crippen LogP contribution in [-0.4, -0.2) is 20.3 Å². The Morgan fingerprint density at radius 1 is 0.950 bits per heavy atom. The predicted octanol–water partition coefficient (Wildman–Crippen LogP) is 3.52. The average Bonchev–Trinajstić information content (AvgIpc) is 2.46. The molecule has 0 saturated heterocycles. The third-order valence-electron chi connectivity index (χ3n) is 2.71. The molecule has 0 aliphatic carbocycles. The summed E-state index contributed by atoms with van der Waals surface area (Å²) in [5.74, 6) is 1.65. The summed E-state index contributed by atoms with van der Waals surface area (Å²) in [6.45, 7) is 1.84. The molecular weight excluding hydrogens is 274 g/mol. The molecule has 2 aromatic rings. The lowest BCUT2D eigenvalue weighted by Crippen LogP contribution is -2.09. The minimum Gasteiger partial charge on any atom is -0.490 e. The highest BCUT2D eigenvalue weighted by molar-refractivity contribution is 6.30. The molecule has 0 spiro atoms. The maximum Gasteiger partial charge on any atom is 0.122 e. The minimum absolute atomic E-state index is 0.498. The molecule has 0 aliphatic heterocycles. The van der Waals surface area contributed by atoms with Gasteiger partial charge in [-0.25, -0.2) is 0 Å². The van der Waals surface area contributed by atoms with Crippen molar-refractivity contribution in [3.8, 4) is 11.5 Å². The molecule has 0 saturated carbocycles. The average molecular weight is 292 g/mol. The summed E-state index contributed by atoms with van der Waals surface area (Å²) < 4.78 is 11.2. The van der Waals surface area contributed by atoms with Gasteiger partial charge in [0, 0.05) is 11.6 Å². The van der Waals surface area contributed by atoms with Gasteiger partial charge in [-0.1, -0.05) is 23.7 Å². The number of halogens is 1. The summed E-state index contributed by atoms with van der Waals surface area (Å²) in [7, 11) is 1.92. The van der Waals surface area contributed by atoms with Crippen molar-refractivity contribution in [2.75, 3.05) is 20.3 Å². The molecule has 0 bridgehead atoms. The Hall–Kier alpha value is -1.71. The summed E-state index contributed by atoms with van der Waals surface area (Å²) >= 11 is 5.81.